The van der Waals surface area contributed by atoms with Gasteiger partial charge >= 0.3 is 0 Å². The number of pyridine rings is 1. The molecule has 1 aromatic carbocycles. The lowest BCUT2D eigenvalue weighted by Gasteiger charge is -2.06. The van der Waals surface area contributed by atoms with Crippen LogP contribution in [0.2, 0.25) is 5.15 Å². The number of halogens is 1. The van der Waals surface area contributed by atoms with Crippen LogP contribution in [-0.4, -0.2) is 27.8 Å². The van der Waals surface area contributed by atoms with Crippen LogP contribution in [0.1, 0.15) is 21.6 Å². The van der Waals surface area contributed by atoms with Gasteiger partial charge in [0.25, 0.3) is 5.91 Å². The zero-order valence-electron chi connectivity index (χ0n) is 14.6. The molecular formula is C19H19ClN4O2. The highest BCUT2D eigenvalue weighted by atomic mass is 35.5. The summed E-state index contributed by atoms with van der Waals surface area (Å²) < 4.78 is 6.97. The number of rotatable bonds is 6. The fourth-order valence-electron chi connectivity index (χ4n) is 2.56. The zero-order chi connectivity index (χ0) is 18.5. The van der Waals surface area contributed by atoms with E-state index < -0.39 is 0 Å². The van der Waals surface area contributed by atoms with Gasteiger partial charge < -0.3 is 10.1 Å². The molecule has 3 aromatic rings. The third kappa shape index (κ3) is 4.21. The van der Waals surface area contributed by atoms with Gasteiger partial charge in [0.15, 0.2) is 16.7 Å². The number of carbonyl (C=O) groups excluding carboxylic acids is 1. The third-order valence-corrected chi connectivity index (χ3v) is 4.25. The number of anilines is 1. The molecule has 0 atom stereocenters. The molecule has 0 saturated heterocycles. The van der Waals surface area contributed by atoms with Crippen LogP contribution < -0.4 is 10.1 Å². The number of hydrogen-bond acceptors (Lipinski definition) is 4. The number of nitrogens with zero attached hydrogens (tertiary/aromatic N) is 3. The van der Waals surface area contributed by atoms with Gasteiger partial charge in [-0.05, 0) is 25.0 Å². The van der Waals surface area contributed by atoms with E-state index in [0.717, 1.165) is 18.7 Å². The Labute approximate surface area is 156 Å². The first-order chi connectivity index (χ1) is 12.6. The Kier molecular flexibility index (Phi) is 5.53. The van der Waals surface area contributed by atoms with Crippen LogP contribution in [0, 0.1) is 6.92 Å². The smallest absolute Gasteiger partial charge is 0.258 e. The van der Waals surface area contributed by atoms with E-state index in [-0.39, 0.29) is 11.1 Å². The number of methoxy groups -OCH3 is 1. The molecule has 2 aromatic heterocycles. The maximum Gasteiger partial charge on any atom is 0.258 e. The summed E-state index contributed by atoms with van der Waals surface area (Å²) in [7, 11) is 1.47. The summed E-state index contributed by atoms with van der Waals surface area (Å²) in [4.78, 5) is 16.3. The molecule has 2 heterocycles. The molecule has 0 aliphatic carbocycles. The maximum atomic E-state index is 12.4. The lowest BCUT2D eigenvalue weighted by atomic mass is 10.1. The van der Waals surface area contributed by atoms with Crippen molar-refractivity contribution < 1.29 is 9.53 Å². The van der Waals surface area contributed by atoms with Crippen LogP contribution >= 0.6 is 11.6 Å². The van der Waals surface area contributed by atoms with Crippen molar-refractivity contribution in [1.29, 1.82) is 0 Å². The van der Waals surface area contributed by atoms with E-state index in [9.17, 15) is 4.79 Å². The van der Waals surface area contributed by atoms with E-state index in [1.807, 2.05) is 35.9 Å². The van der Waals surface area contributed by atoms with Crippen molar-refractivity contribution in [3.8, 4) is 5.75 Å². The van der Waals surface area contributed by atoms with Gasteiger partial charge in [-0.1, -0.05) is 41.9 Å². The molecule has 0 aliphatic heterocycles. The van der Waals surface area contributed by atoms with Gasteiger partial charge in [0.1, 0.15) is 0 Å². The minimum Gasteiger partial charge on any atom is -0.493 e. The number of aryl methyl sites for hydroxylation is 3. The molecule has 1 amide bonds. The van der Waals surface area contributed by atoms with E-state index in [0.29, 0.717) is 17.1 Å². The molecule has 0 spiro atoms. The molecule has 0 unspecified atom stereocenters. The lowest BCUT2D eigenvalue weighted by Crippen LogP contribution is -2.13. The molecule has 0 aliphatic rings. The molecule has 134 valence electrons. The number of amides is 1. The molecule has 0 saturated carbocycles. The Hall–Kier alpha value is -2.86. The number of benzene rings is 1. The van der Waals surface area contributed by atoms with Gasteiger partial charge in [0, 0.05) is 24.5 Å². The van der Waals surface area contributed by atoms with Crippen LogP contribution in [0.5, 0.6) is 5.75 Å². The average Bonchev–Trinajstić information content (AvgIpc) is 3.00. The molecule has 6 nitrogen and oxygen atoms in total. The van der Waals surface area contributed by atoms with Gasteiger partial charge in [-0.2, -0.15) is 5.10 Å². The number of carbonyl (C=O) groups is 1. The monoisotopic (exact) mass is 370 g/mol. The molecule has 0 fully saturated rings. The Morgan fingerprint density at radius 1 is 1.27 bits per heavy atom. The van der Waals surface area contributed by atoms with Gasteiger partial charge in [0.05, 0.1) is 12.7 Å². The Morgan fingerprint density at radius 3 is 2.77 bits per heavy atom. The second-order valence-corrected chi connectivity index (χ2v) is 6.16. The number of hydrogen-bond donors (Lipinski definition) is 1. The number of ether oxygens (including phenoxy) is 1. The van der Waals surface area contributed by atoms with Crippen LogP contribution in [-0.2, 0) is 13.0 Å². The minimum absolute atomic E-state index is 0.213. The first-order valence-electron chi connectivity index (χ1n) is 8.16. The van der Waals surface area contributed by atoms with Crippen molar-refractivity contribution in [3.05, 3.63) is 70.6 Å². The molecule has 0 radical (unpaired) electrons. The summed E-state index contributed by atoms with van der Waals surface area (Å²) in [5.74, 6) is 0.526. The van der Waals surface area contributed by atoms with Crippen molar-refractivity contribution in [1.82, 2.24) is 14.8 Å². The highest BCUT2D eigenvalue weighted by Gasteiger charge is 2.13. The molecule has 26 heavy (non-hydrogen) atoms. The van der Waals surface area contributed by atoms with Crippen molar-refractivity contribution in [2.45, 2.75) is 19.9 Å². The first kappa shape index (κ1) is 17.9. The van der Waals surface area contributed by atoms with Crippen LogP contribution in [0.4, 0.5) is 5.82 Å². The van der Waals surface area contributed by atoms with Crippen LogP contribution in [0.3, 0.4) is 0 Å². The SMILES string of the molecule is COc1cc(C(=O)Nc2cc(C)n(CCc3ccccc3)n2)cnc1Cl. The van der Waals surface area contributed by atoms with Crippen molar-refractivity contribution >= 4 is 23.3 Å². The number of aromatic nitrogens is 3. The average molecular weight is 371 g/mol. The Morgan fingerprint density at radius 2 is 2.04 bits per heavy atom. The van der Waals surface area contributed by atoms with E-state index in [4.69, 9.17) is 16.3 Å². The second kappa shape index (κ2) is 8.01. The van der Waals surface area contributed by atoms with Crippen molar-refractivity contribution in [2.24, 2.45) is 0 Å². The highest BCUT2D eigenvalue weighted by Crippen LogP contribution is 2.22. The molecule has 1 N–H and O–H groups in total. The summed E-state index contributed by atoms with van der Waals surface area (Å²) in [5, 5.41) is 7.45. The standard InChI is InChI=1S/C19H19ClN4O2/c1-13-10-17(23-24(13)9-8-14-6-4-3-5-7-14)22-19(25)15-11-16(26-2)18(20)21-12-15/h3-7,10-12H,8-9H2,1-2H3,(H,22,23,25). The van der Waals surface area contributed by atoms with Crippen molar-refractivity contribution in [3.63, 3.8) is 0 Å². The predicted molar refractivity (Wildman–Crippen MR) is 101 cm³/mol. The van der Waals surface area contributed by atoms with Gasteiger partial charge in [-0.3, -0.25) is 9.48 Å². The number of nitrogens with one attached hydrogen (secondary N) is 1. The quantitative estimate of drug-likeness (QED) is 0.671. The molecule has 7 heteroatoms. The maximum absolute atomic E-state index is 12.4. The van der Waals surface area contributed by atoms with Gasteiger partial charge in [-0.15, -0.1) is 0 Å². The minimum atomic E-state index is -0.319. The fourth-order valence-corrected chi connectivity index (χ4v) is 2.74. The molecular weight excluding hydrogens is 352 g/mol. The fraction of sp³-hybridized carbons (Fsp3) is 0.211. The first-order valence-corrected chi connectivity index (χ1v) is 8.54. The van der Waals surface area contributed by atoms with E-state index in [1.54, 1.807) is 6.07 Å². The van der Waals surface area contributed by atoms with E-state index >= 15 is 0 Å². The van der Waals surface area contributed by atoms with Crippen molar-refractivity contribution in [2.75, 3.05) is 12.4 Å². The van der Waals surface area contributed by atoms with Crippen LogP contribution in [0.15, 0.2) is 48.7 Å². The summed E-state index contributed by atoms with van der Waals surface area (Å²) in [6.45, 7) is 2.70. The van der Waals surface area contributed by atoms with Gasteiger partial charge in [-0.25, -0.2) is 4.98 Å². The molecule has 3 rings (SSSR count). The molecule has 0 bridgehead atoms. The summed E-state index contributed by atoms with van der Waals surface area (Å²) in [5.41, 5.74) is 2.57. The highest BCUT2D eigenvalue weighted by molar-refractivity contribution is 6.30. The Bertz CT molecular complexity index is 909. The van der Waals surface area contributed by atoms with E-state index in [1.165, 1.54) is 18.9 Å². The van der Waals surface area contributed by atoms with Crippen LogP contribution in [0.25, 0.3) is 0 Å². The summed E-state index contributed by atoms with van der Waals surface area (Å²) in [6.07, 6.45) is 2.27. The summed E-state index contributed by atoms with van der Waals surface area (Å²) >= 11 is 5.89. The largest absolute Gasteiger partial charge is 0.493 e. The third-order valence-electron chi connectivity index (χ3n) is 3.97. The topological polar surface area (TPSA) is 69.0 Å². The predicted octanol–water partition coefficient (Wildman–Crippen LogP) is 3.74. The van der Waals surface area contributed by atoms with E-state index in [2.05, 4.69) is 27.5 Å². The lowest BCUT2D eigenvalue weighted by molar-refractivity contribution is 0.102. The summed E-state index contributed by atoms with van der Waals surface area (Å²) in [6, 6.07) is 13.6. The zero-order valence-corrected chi connectivity index (χ0v) is 15.3. The Balaban J connectivity index is 1.68. The second-order valence-electron chi connectivity index (χ2n) is 5.80. The normalized spacial score (nSPS) is 10.6. The van der Waals surface area contributed by atoms with Gasteiger partial charge in [0.2, 0.25) is 0 Å².